The summed E-state index contributed by atoms with van der Waals surface area (Å²) in [5, 5.41) is 12.7. The summed E-state index contributed by atoms with van der Waals surface area (Å²) in [5.74, 6) is -0.347. The number of aliphatic hydroxyl groups is 1. The summed E-state index contributed by atoms with van der Waals surface area (Å²) >= 11 is 0. The van der Waals surface area contributed by atoms with Crippen LogP contribution in [0.3, 0.4) is 0 Å². The van der Waals surface area contributed by atoms with Gasteiger partial charge in [-0.2, -0.15) is 0 Å². The van der Waals surface area contributed by atoms with Crippen molar-refractivity contribution in [2.75, 3.05) is 6.54 Å². The number of carbonyl (C=O) groups excluding carboxylic acids is 1. The highest BCUT2D eigenvalue weighted by molar-refractivity contribution is 5.80. The molecule has 0 unspecified atom stereocenters. The average Bonchev–Trinajstić information content (AvgIpc) is 2.88. The molecule has 1 aliphatic heterocycles. The Kier molecular flexibility index (Phi) is 5.92. The summed E-state index contributed by atoms with van der Waals surface area (Å²) in [7, 11) is 0. The smallest absolute Gasteiger partial charge is 0.330 e. The van der Waals surface area contributed by atoms with E-state index in [9.17, 15) is 19.5 Å². The van der Waals surface area contributed by atoms with E-state index in [-0.39, 0.29) is 18.9 Å². The fraction of sp³-hybridized carbons (Fsp3) is 0.667. The maximum Gasteiger partial charge on any atom is 0.330 e. The minimum atomic E-state index is -0.836. The first-order valence-electron chi connectivity index (χ1n) is 8.04. The Morgan fingerprint density at radius 2 is 2.29 bits per heavy atom. The number of aliphatic hydroxyl groups excluding tert-OH is 1. The van der Waals surface area contributed by atoms with Crippen LogP contribution in [0.25, 0.3) is 0 Å². The minimum Gasteiger partial charge on any atom is -0.390 e. The zero-order chi connectivity index (χ0) is 17.9. The molecule has 0 bridgehead atoms. The second kappa shape index (κ2) is 7.73. The summed E-state index contributed by atoms with van der Waals surface area (Å²) in [6.07, 6.45) is 0.793. The number of aromatic amines is 1. The molecule has 1 aliphatic rings. The van der Waals surface area contributed by atoms with Crippen molar-refractivity contribution in [2.45, 2.75) is 57.6 Å². The number of aromatic nitrogens is 2. The number of hydrogen-bond acceptors (Lipinski definition) is 6. The van der Waals surface area contributed by atoms with Gasteiger partial charge < -0.3 is 20.9 Å². The lowest BCUT2D eigenvalue weighted by molar-refractivity contribution is -0.123. The first-order valence-corrected chi connectivity index (χ1v) is 8.04. The Balaban J connectivity index is 2.11. The van der Waals surface area contributed by atoms with Crippen LogP contribution in [0.1, 0.15) is 38.5 Å². The van der Waals surface area contributed by atoms with Crippen LogP contribution in [0.5, 0.6) is 0 Å². The molecule has 2 heterocycles. The second-order valence-corrected chi connectivity index (χ2v) is 6.04. The van der Waals surface area contributed by atoms with Crippen LogP contribution < -0.4 is 22.3 Å². The third kappa shape index (κ3) is 4.11. The quantitative estimate of drug-likeness (QED) is 0.502. The number of nitrogens with zero attached hydrogens (tertiary/aromatic N) is 1. The Morgan fingerprint density at radius 3 is 2.92 bits per heavy atom. The zero-order valence-electron chi connectivity index (χ0n) is 13.8. The number of amides is 1. The van der Waals surface area contributed by atoms with Crippen molar-refractivity contribution in [1.82, 2.24) is 14.9 Å². The molecule has 9 nitrogen and oxygen atoms in total. The normalized spacial score (nSPS) is 24.8. The van der Waals surface area contributed by atoms with E-state index in [1.807, 2.05) is 6.92 Å². The molecule has 1 amide bonds. The van der Waals surface area contributed by atoms with Crippen LogP contribution >= 0.6 is 0 Å². The third-order valence-corrected chi connectivity index (χ3v) is 3.97. The maximum absolute atomic E-state index is 12.0. The fourth-order valence-electron chi connectivity index (χ4n) is 2.62. The van der Waals surface area contributed by atoms with Gasteiger partial charge in [0.05, 0.1) is 12.1 Å². The van der Waals surface area contributed by atoms with Crippen LogP contribution in [0.15, 0.2) is 15.8 Å². The number of aryl methyl sites for hydroxylation is 1. The van der Waals surface area contributed by atoms with Gasteiger partial charge in [0.2, 0.25) is 5.91 Å². The topological polar surface area (TPSA) is 139 Å². The number of nitrogens with two attached hydrogens (primary N) is 1. The Hall–Kier alpha value is -1.97. The van der Waals surface area contributed by atoms with E-state index in [0.717, 1.165) is 6.42 Å². The monoisotopic (exact) mass is 340 g/mol. The zero-order valence-corrected chi connectivity index (χ0v) is 13.8. The summed E-state index contributed by atoms with van der Waals surface area (Å²) in [5.41, 5.74) is 4.96. The van der Waals surface area contributed by atoms with E-state index in [1.54, 1.807) is 6.92 Å². The largest absolute Gasteiger partial charge is 0.390 e. The maximum atomic E-state index is 12.0. The number of carbonyl (C=O) groups is 1. The van der Waals surface area contributed by atoms with Gasteiger partial charge in [-0.05, 0) is 13.3 Å². The lowest BCUT2D eigenvalue weighted by atomic mass is 10.1. The SMILES string of the molecule is CCCc1cn([C@H]2C[C@H](O)[C@@H](CNC(=O)[C@H](C)N)O2)c(=O)[nH]c1=O. The number of ether oxygens (including phenoxy) is 1. The highest BCUT2D eigenvalue weighted by atomic mass is 16.5. The van der Waals surface area contributed by atoms with Crippen LogP contribution in [0.2, 0.25) is 0 Å². The standard InChI is InChI=1S/C15H24N4O5/c1-3-4-9-7-19(15(23)18-14(9)22)12-5-10(20)11(24-12)6-17-13(21)8(2)16/h7-8,10-12,20H,3-6,16H2,1-2H3,(H,17,21)(H,18,22,23)/t8-,10-,11+,12+/m0/s1. The highest BCUT2D eigenvalue weighted by Gasteiger charge is 2.35. The summed E-state index contributed by atoms with van der Waals surface area (Å²) < 4.78 is 6.96. The molecule has 1 fully saturated rings. The van der Waals surface area contributed by atoms with Crippen molar-refractivity contribution in [3.05, 3.63) is 32.6 Å². The summed E-state index contributed by atoms with van der Waals surface area (Å²) in [6.45, 7) is 3.58. The lowest BCUT2D eigenvalue weighted by Gasteiger charge is -2.17. The molecular formula is C15H24N4O5. The number of hydrogen-bond donors (Lipinski definition) is 4. The fourth-order valence-corrected chi connectivity index (χ4v) is 2.62. The van der Waals surface area contributed by atoms with Gasteiger partial charge in [0, 0.05) is 24.7 Å². The van der Waals surface area contributed by atoms with Crippen molar-refractivity contribution in [1.29, 1.82) is 0 Å². The van der Waals surface area contributed by atoms with Crippen molar-refractivity contribution in [3.63, 3.8) is 0 Å². The van der Waals surface area contributed by atoms with E-state index in [1.165, 1.54) is 10.8 Å². The van der Waals surface area contributed by atoms with Crippen LogP contribution in [0, 0.1) is 0 Å². The van der Waals surface area contributed by atoms with E-state index in [4.69, 9.17) is 10.5 Å². The summed E-state index contributed by atoms with van der Waals surface area (Å²) in [6, 6.07) is -0.655. The molecule has 0 saturated carbocycles. The molecule has 2 rings (SSSR count). The van der Waals surface area contributed by atoms with E-state index in [2.05, 4.69) is 10.3 Å². The number of nitrogens with one attached hydrogen (secondary N) is 2. The van der Waals surface area contributed by atoms with Gasteiger partial charge in [-0.25, -0.2) is 4.79 Å². The molecule has 1 aromatic rings. The van der Waals surface area contributed by atoms with Crippen LogP contribution in [-0.4, -0.2) is 45.4 Å². The second-order valence-electron chi connectivity index (χ2n) is 6.04. The molecule has 1 saturated heterocycles. The molecule has 1 aromatic heterocycles. The Labute approximate surface area is 138 Å². The van der Waals surface area contributed by atoms with Gasteiger partial charge in [0.1, 0.15) is 12.3 Å². The molecule has 5 N–H and O–H groups in total. The van der Waals surface area contributed by atoms with Gasteiger partial charge in [0.25, 0.3) is 5.56 Å². The third-order valence-electron chi connectivity index (χ3n) is 3.97. The molecule has 0 aromatic carbocycles. The minimum absolute atomic E-state index is 0.0952. The first kappa shape index (κ1) is 18.4. The Morgan fingerprint density at radius 1 is 1.58 bits per heavy atom. The van der Waals surface area contributed by atoms with Crippen LogP contribution in [-0.2, 0) is 16.0 Å². The molecular weight excluding hydrogens is 316 g/mol. The van der Waals surface area contributed by atoms with Crippen molar-refractivity contribution in [2.24, 2.45) is 5.73 Å². The highest BCUT2D eigenvalue weighted by Crippen LogP contribution is 2.27. The Bertz CT molecular complexity index is 696. The first-order chi connectivity index (χ1) is 11.3. The predicted molar refractivity (Wildman–Crippen MR) is 86.5 cm³/mol. The molecule has 0 aliphatic carbocycles. The van der Waals surface area contributed by atoms with E-state index >= 15 is 0 Å². The molecule has 134 valence electrons. The summed E-state index contributed by atoms with van der Waals surface area (Å²) in [4.78, 5) is 37.5. The number of rotatable bonds is 6. The molecule has 0 radical (unpaired) electrons. The molecule has 9 heteroatoms. The predicted octanol–water partition coefficient (Wildman–Crippen LogP) is -1.40. The molecule has 24 heavy (non-hydrogen) atoms. The average molecular weight is 340 g/mol. The molecule has 0 spiro atoms. The lowest BCUT2D eigenvalue weighted by Crippen LogP contribution is -2.43. The molecule has 4 atom stereocenters. The van der Waals surface area contributed by atoms with E-state index < -0.39 is 35.7 Å². The number of H-pyrrole nitrogens is 1. The van der Waals surface area contributed by atoms with Gasteiger partial charge in [-0.1, -0.05) is 13.3 Å². The van der Waals surface area contributed by atoms with Crippen molar-refractivity contribution >= 4 is 5.91 Å². The van der Waals surface area contributed by atoms with Gasteiger partial charge in [-0.15, -0.1) is 0 Å². The van der Waals surface area contributed by atoms with Crippen molar-refractivity contribution in [3.8, 4) is 0 Å². The van der Waals surface area contributed by atoms with Gasteiger partial charge >= 0.3 is 5.69 Å². The van der Waals surface area contributed by atoms with Crippen LogP contribution in [0.4, 0.5) is 0 Å². The van der Waals surface area contributed by atoms with Gasteiger partial charge in [0.15, 0.2) is 0 Å². The van der Waals surface area contributed by atoms with E-state index in [0.29, 0.717) is 12.0 Å². The van der Waals surface area contributed by atoms with Crippen molar-refractivity contribution < 1.29 is 14.6 Å². The van der Waals surface area contributed by atoms with Gasteiger partial charge in [-0.3, -0.25) is 19.1 Å².